The summed E-state index contributed by atoms with van der Waals surface area (Å²) in [6.45, 7) is 0.588. The summed E-state index contributed by atoms with van der Waals surface area (Å²) >= 11 is 5.80. The second-order valence-corrected chi connectivity index (χ2v) is 3.87. The van der Waals surface area contributed by atoms with Gasteiger partial charge in [0.05, 0.1) is 5.92 Å². The molecule has 0 spiro atoms. The number of carbonyl (C=O) groups is 1. The number of halogens is 1. The minimum Gasteiger partial charge on any atom is -0.309 e. The third-order valence-corrected chi connectivity index (χ3v) is 2.71. The Labute approximate surface area is 97.6 Å². The first-order chi connectivity index (χ1) is 7.72. The van der Waals surface area contributed by atoms with Gasteiger partial charge in [-0.2, -0.15) is 5.10 Å². The number of hydrazine groups is 1. The van der Waals surface area contributed by atoms with Crippen molar-refractivity contribution < 1.29 is 4.79 Å². The number of hydrogen-bond acceptors (Lipinski definition) is 4. The summed E-state index contributed by atoms with van der Waals surface area (Å²) in [6, 6.07) is 7.32. The predicted molar refractivity (Wildman–Crippen MR) is 62.0 cm³/mol. The van der Waals surface area contributed by atoms with Crippen LogP contribution in [0.4, 0.5) is 0 Å². The highest BCUT2D eigenvalue weighted by molar-refractivity contribution is 6.41. The second kappa shape index (κ2) is 4.51. The Morgan fingerprint density at radius 2 is 2.19 bits per heavy atom. The van der Waals surface area contributed by atoms with Gasteiger partial charge < -0.3 is 5.43 Å². The van der Waals surface area contributed by atoms with Crippen LogP contribution in [-0.2, 0) is 4.79 Å². The molecule has 1 heterocycles. The quantitative estimate of drug-likeness (QED) is 0.396. The lowest BCUT2D eigenvalue weighted by atomic mass is 9.94. The molecule has 1 amide bonds. The molecule has 0 aliphatic carbocycles. The van der Waals surface area contributed by atoms with Crippen molar-refractivity contribution in [2.24, 2.45) is 10.9 Å². The smallest absolute Gasteiger partial charge is 0.282 e. The Morgan fingerprint density at radius 3 is 2.81 bits per heavy atom. The van der Waals surface area contributed by atoms with Crippen LogP contribution in [0.3, 0.4) is 0 Å². The maximum Gasteiger partial charge on any atom is 0.282 e. The van der Waals surface area contributed by atoms with Gasteiger partial charge in [0.25, 0.3) is 5.91 Å². The molecule has 2 rings (SSSR count). The molecule has 0 aromatic heterocycles. The normalized spacial score (nSPS) is 18.9. The Bertz CT molecular complexity index is 429. The second-order valence-electron chi connectivity index (χ2n) is 3.44. The molecule has 0 saturated carbocycles. The molecule has 6 heteroatoms. The van der Waals surface area contributed by atoms with E-state index in [9.17, 15) is 4.79 Å². The molecule has 0 bridgehead atoms. The highest BCUT2D eigenvalue weighted by atomic mass is 35.5. The lowest BCUT2D eigenvalue weighted by Crippen LogP contribution is -2.38. The fourth-order valence-electron chi connectivity index (χ4n) is 1.65. The van der Waals surface area contributed by atoms with Crippen LogP contribution in [0.15, 0.2) is 29.4 Å². The van der Waals surface area contributed by atoms with Crippen LogP contribution >= 0.6 is 11.6 Å². The zero-order chi connectivity index (χ0) is 11.5. The average molecular weight is 239 g/mol. The van der Waals surface area contributed by atoms with E-state index >= 15 is 0 Å². The van der Waals surface area contributed by atoms with Crippen LogP contribution < -0.4 is 16.7 Å². The number of hydrogen-bond donors (Lipinski definition) is 3. The SMILES string of the molecule is NNC(=O)C1=NNC[C@H]1c1ccc(Cl)cc1. The van der Waals surface area contributed by atoms with Gasteiger partial charge in [-0.25, -0.2) is 5.84 Å². The maximum atomic E-state index is 11.4. The van der Waals surface area contributed by atoms with Crippen molar-refractivity contribution in [2.75, 3.05) is 6.54 Å². The zero-order valence-electron chi connectivity index (χ0n) is 8.40. The zero-order valence-corrected chi connectivity index (χ0v) is 9.16. The summed E-state index contributed by atoms with van der Waals surface area (Å²) in [5.74, 6) is 4.63. The molecule has 0 fully saturated rings. The minimum absolute atomic E-state index is 0.0826. The van der Waals surface area contributed by atoms with Crippen molar-refractivity contribution in [1.29, 1.82) is 0 Å². The van der Waals surface area contributed by atoms with Crippen LogP contribution in [-0.4, -0.2) is 18.2 Å². The van der Waals surface area contributed by atoms with E-state index in [-0.39, 0.29) is 11.8 Å². The summed E-state index contributed by atoms with van der Waals surface area (Å²) in [7, 11) is 0. The highest BCUT2D eigenvalue weighted by Crippen LogP contribution is 2.22. The predicted octanol–water partition coefficient (Wildman–Crippen LogP) is 0.373. The molecule has 1 aliphatic rings. The molecule has 0 unspecified atom stereocenters. The first-order valence-corrected chi connectivity index (χ1v) is 5.17. The van der Waals surface area contributed by atoms with E-state index in [1.165, 1.54) is 0 Å². The van der Waals surface area contributed by atoms with Gasteiger partial charge in [0.2, 0.25) is 0 Å². The van der Waals surface area contributed by atoms with Gasteiger partial charge in [-0.15, -0.1) is 0 Å². The Hall–Kier alpha value is -1.59. The van der Waals surface area contributed by atoms with Crippen LogP contribution in [0.1, 0.15) is 11.5 Å². The molecule has 84 valence electrons. The summed E-state index contributed by atoms with van der Waals surface area (Å²) in [5, 5.41) is 4.59. The molecule has 5 nitrogen and oxygen atoms in total. The molecule has 4 N–H and O–H groups in total. The summed E-state index contributed by atoms with van der Waals surface area (Å²) in [5.41, 5.74) is 6.25. The standard InChI is InChI=1S/C10H11ClN4O/c11-7-3-1-6(2-4-7)8-5-13-15-9(8)10(16)14-12/h1-4,8,13H,5,12H2,(H,14,16)/t8-/m0/s1. The molecule has 1 aromatic rings. The molecular weight excluding hydrogens is 228 g/mol. The first-order valence-electron chi connectivity index (χ1n) is 4.79. The Kier molecular flexibility index (Phi) is 3.07. The fourth-order valence-corrected chi connectivity index (χ4v) is 1.78. The van der Waals surface area contributed by atoms with Crippen molar-refractivity contribution in [1.82, 2.24) is 10.9 Å². The first kappa shape index (κ1) is 10.9. The number of nitrogens with zero attached hydrogens (tertiary/aromatic N) is 1. The molecule has 0 radical (unpaired) electrons. The van der Waals surface area contributed by atoms with E-state index in [4.69, 9.17) is 17.4 Å². The van der Waals surface area contributed by atoms with Crippen LogP contribution in [0.5, 0.6) is 0 Å². The van der Waals surface area contributed by atoms with E-state index in [1.54, 1.807) is 12.1 Å². The van der Waals surface area contributed by atoms with Crippen molar-refractivity contribution >= 4 is 23.2 Å². The van der Waals surface area contributed by atoms with Crippen molar-refractivity contribution in [3.8, 4) is 0 Å². The van der Waals surface area contributed by atoms with E-state index in [1.807, 2.05) is 12.1 Å². The van der Waals surface area contributed by atoms with Gasteiger partial charge in [-0.3, -0.25) is 10.2 Å². The van der Waals surface area contributed by atoms with Gasteiger partial charge in [0, 0.05) is 11.6 Å². The van der Waals surface area contributed by atoms with E-state index in [0.717, 1.165) is 5.56 Å². The minimum atomic E-state index is -0.370. The third kappa shape index (κ3) is 2.00. The number of nitrogens with one attached hydrogen (secondary N) is 2. The van der Waals surface area contributed by atoms with Crippen LogP contribution in [0.25, 0.3) is 0 Å². The number of rotatable bonds is 2. The van der Waals surface area contributed by atoms with Gasteiger partial charge in [0.15, 0.2) is 0 Å². The maximum absolute atomic E-state index is 11.4. The summed E-state index contributed by atoms with van der Waals surface area (Å²) in [4.78, 5) is 11.4. The van der Waals surface area contributed by atoms with Crippen LogP contribution in [0.2, 0.25) is 5.02 Å². The van der Waals surface area contributed by atoms with Gasteiger partial charge in [-0.05, 0) is 17.7 Å². The fraction of sp³-hybridized carbons (Fsp3) is 0.200. The van der Waals surface area contributed by atoms with Gasteiger partial charge in [-0.1, -0.05) is 23.7 Å². The molecule has 16 heavy (non-hydrogen) atoms. The molecule has 1 atom stereocenters. The molecule has 0 saturated heterocycles. The number of benzene rings is 1. The lowest BCUT2D eigenvalue weighted by Gasteiger charge is -2.10. The Morgan fingerprint density at radius 1 is 1.50 bits per heavy atom. The lowest BCUT2D eigenvalue weighted by molar-refractivity contribution is -0.115. The van der Waals surface area contributed by atoms with E-state index < -0.39 is 0 Å². The summed E-state index contributed by atoms with van der Waals surface area (Å²) < 4.78 is 0. The highest BCUT2D eigenvalue weighted by Gasteiger charge is 2.28. The van der Waals surface area contributed by atoms with Gasteiger partial charge >= 0.3 is 0 Å². The largest absolute Gasteiger partial charge is 0.309 e. The monoisotopic (exact) mass is 238 g/mol. The van der Waals surface area contributed by atoms with Crippen molar-refractivity contribution in [3.63, 3.8) is 0 Å². The Balaban J connectivity index is 2.25. The number of amides is 1. The van der Waals surface area contributed by atoms with Crippen molar-refractivity contribution in [3.05, 3.63) is 34.9 Å². The van der Waals surface area contributed by atoms with E-state index in [2.05, 4.69) is 16.0 Å². The third-order valence-electron chi connectivity index (χ3n) is 2.46. The number of hydrazone groups is 1. The van der Waals surface area contributed by atoms with E-state index in [0.29, 0.717) is 17.3 Å². The topological polar surface area (TPSA) is 79.5 Å². The number of nitrogens with two attached hydrogens (primary N) is 1. The van der Waals surface area contributed by atoms with Crippen molar-refractivity contribution in [2.45, 2.75) is 5.92 Å². The number of carbonyl (C=O) groups excluding carboxylic acids is 1. The molecule has 1 aromatic carbocycles. The average Bonchev–Trinajstić information content (AvgIpc) is 2.78. The molecule has 1 aliphatic heterocycles. The van der Waals surface area contributed by atoms with Gasteiger partial charge in [0.1, 0.15) is 5.71 Å². The molecular formula is C10H11ClN4O. The summed E-state index contributed by atoms with van der Waals surface area (Å²) in [6.07, 6.45) is 0. The van der Waals surface area contributed by atoms with Crippen LogP contribution in [0, 0.1) is 0 Å².